The van der Waals surface area contributed by atoms with Crippen molar-refractivity contribution in [1.29, 1.82) is 0 Å². The lowest BCUT2D eigenvalue weighted by Gasteiger charge is -2.34. The number of hydrogen-bond donors (Lipinski definition) is 6. The summed E-state index contributed by atoms with van der Waals surface area (Å²) in [7, 11) is 0. The van der Waals surface area contributed by atoms with E-state index in [2.05, 4.69) is 0 Å². The number of H-pyrrole nitrogens is 1. The fourth-order valence-corrected chi connectivity index (χ4v) is 4.42. The van der Waals surface area contributed by atoms with Crippen LogP contribution in [0.2, 0.25) is 0 Å². The van der Waals surface area contributed by atoms with Gasteiger partial charge >= 0.3 is 11.7 Å². The summed E-state index contributed by atoms with van der Waals surface area (Å²) in [5.41, 5.74) is 4.78. The topological polar surface area (TPSA) is 233 Å². The minimum atomic E-state index is -1.83. The third-order valence-corrected chi connectivity index (χ3v) is 6.51. The number of hydrogen-bond acceptors (Lipinski definition) is 12. The second-order valence-electron chi connectivity index (χ2n) is 9.17. The normalized spacial score (nSPS) is 28.8. The van der Waals surface area contributed by atoms with E-state index >= 15 is 0 Å². The maximum atomic E-state index is 12.6. The highest BCUT2D eigenvalue weighted by Gasteiger charge is 2.51. The van der Waals surface area contributed by atoms with Crippen molar-refractivity contribution in [2.75, 3.05) is 13.2 Å². The number of carbonyl (C=O) groups excluding carboxylic acids is 2. The number of amides is 1. The van der Waals surface area contributed by atoms with Crippen molar-refractivity contribution < 1.29 is 49.0 Å². The van der Waals surface area contributed by atoms with E-state index in [1.807, 2.05) is 35.3 Å². The molecule has 0 bridgehead atoms. The molecule has 4 rings (SSSR count). The number of nitrogens with one attached hydrogen (secondary N) is 1. The van der Waals surface area contributed by atoms with E-state index in [0.717, 1.165) is 28.5 Å². The van der Waals surface area contributed by atoms with Crippen molar-refractivity contribution in [1.82, 2.24) is 9.55 Å². The van der Waals surface area contributed by atoms with Gasteiger partial charge in [0.05, 0.1) is 13.2 Å². The highest BCUT2D eigenvalue weighted by molar-refractivity contribution is 5.86. The highest BCUT2D eigenvalue weighted by atomic mass is 16.7. The predicted molar refractivity (Wildman–Crippen MR) is 132 cm³/mol. The van der Waals surface area contributed by atoms with Gasteiger partial charge in [0.2, 0.25) is 18.0 Å². The van der Waals surface area contributed by atoms with Gasteiger partial charge in [0.1, 0.15) is 24.4 Å². The lowest BCUT2D eigenvalue weighted by molar-refractivity contribution is -0.241. The van der Waals surface area contributed by atoms with Crippen LogP contribution in [-0.4, -0.2) is 91.9 Å². The number of aromatic nitrogens is 2. The minimum absolute atomic E-state index is 0.0187. The number of carbonyl (C=O) groups is 2. The molecule has 1 saturated heterocycles. The van der Waals surface area contributed by atoms with Gasteiger partial charge in [0, 0.05) is 24.6 Å². The van der Waals surface area contributed by atoms with Gasteiger partial charge in [-0.05, 0) is 11.6 Å². The number of benzene rings is 1. The fourth-order valence-electron chi connectivity index (χ4n) is 4.42. The Morgan fingerprint density at radius 1 is 1.10 bits per heavy atom. The van der Waals surface area contributed by atoms with Crippen molar-refractivity contribution in [2.24, 2.45) is 11.7 Å². The molecule has 3 heterocycles. The first-order chi connectivity index (χ1) is 19.1. The lowest BCUT2D eigenvalue weighted by atomic mass is 9.94. The summed E-state index contributed by atoms with van der Waals surface area (Å²) >= 11 is 0. The Morgan fingerprint density at radius 2 is 1.82 bits per heavy atom. The number of primary amides is 1. The first kappa shape index (κ1) is 29.1. The zero-order valence-corrected chi connectivity index (χ0v) is 20.9. The number of aromatic amines is 1. The number of aliphatic hydroxyl groups is 4. The molecule has 0 unspecified atom stereocenters. The number of nitrogens with zero attached hydrogens (tertiary/aromatic N) is 1. The Bertz CT molecular complexity index is 1340. The third-order valence-electron chi connectivity index (χ3n) is 6.51. The van der Waals surface area contributed by atoms with E-state index in [4.69, 9.17) is 24.7 Å². The van der Waals surface area contributed by atoms with Gasteiger partial charge < -0.3 is 45.1 Å². The average molecular weight is 564 g/mol. The zero-order valence-electron chi connectivity index (χ0n) is 20.9. The number of esters is 1. The minimum Gasteiger partial charge on any atom is -0.460 e. The van der Waals surface area contributed by atoms with E-state index in [1.165, 1.54) is 0 Å². The van der Waals surface area contributed by atoms with Gasteiger partial charge in [-0.25, -0.2) is 9.59 Å². The van der Waals surface area contributed by atoms with Gasteiger partial charge in [-0.15, -0.1) is 0 Å². The van der Waals surface area contributed by atoms with E-state index in [1.54, 1.807) is 0 Å². The Morgan fingerprint density at radius 3 is 2.48 bits per heavy atom. The van der Waals surface area contributed by atoms with Crippen molar-refractivity contribution in [2.45, 2.75) is 49.5 Å². The molecule has 0 aliphatic carbocycles. The van der Waals surface area contributed by atoms with Gasteiger partial charge in [-0.2, -0.15) is 0 Å². The zero-order chi connectivity index (χ0) is 29.0. The van der Waals surface area contributed by atoms with E-state index < -0.39 is 84.4 Å². The SMILES string of the molecule is NC(=O)[C@H](O[C@H]1OC(C(=O)OCCc2ccccc2)=C[C@H](O)[C@@H]1O)[C@H]1O[C@@H](n2ccc(=O)[nH]c2=O)[C@H](O)[C@@H]1CO. The average Bonchev–Trinajstić information content (AvgIpc) is 3.24. The predicted octanol–water partition coefficient (Wildman–Crippen LogP) is -2.98. The monoisotopic (exact) mass is 563 g/mol. The molecule has 1 aromatic heterocycles. The summed E-state index contributed by atoms with van der Waals surface area (Å²) in [6.45, 7) is -0.766. The largest absolute Gasteiger partial charge is 0.460 e. The molecule has 15 heteroatoms. The summed E-state index contributed by atoms with van der Waals surface area (Å²) in [5.74, 6) is -3.87. The highest BCUT2D eigenvalue weighted by Crippen LogP contribution is 2.36. The molecule has 1 aromatic carbocycles. The van der Waals surface area contributed by atoms with Crippen LogP contribution in [-0.2, 0) is 35.0 Å². The van der Waals surface area contributed by atoms with Crippen LogP contribution in [0.4, 0.5) is 0 Å². The first-order valence-electron chi connectivity index (χ1n) is 12.3. The summed E-state index contributed by atoms with van der Waals surface area (Å²) in [5, 5.41) is 41.4. The van der Waals surface area contributed by atoms with E-state index in [9.17, 15) is 39.6 Å². The van der Waals surface area contributed by atoms with Crippen molar-refractivity contribution in [3.63, 3.8) is 0 Å². The number of rotatable bonds is 10. The van der Waals surface area contributed by atoms with Crippen LogP contribution in [0.5, 0.6) is 0 Å². The summed E-state index contributed by atoms with van der Waals surface area (Å²) in [6, 6.07) is 10.2. The molecule has 1 amide bonds. The van der Waals surface area contributed by atoms with E-state index in [-0.39, 0.29) is 6.61 Å². The summed E-state index contributed by atoms with van der Waals surface area (Å²) in [4.78, 5) is 50.6. The molecule has 1 fully saturated rings. The molecule has 40 heavy (non-hydrogen) atoms. The molecule has 0 saturated carbocycles. The van der Waals surface area contributed by atoms with Gasteiger partial charge in [-0.3, -0.25) is 19.1 Å². The van der Waals surface area contributed by atoms with Crippen LogP contribution >= 0.6 is 0 Å². The number of ether oxygens (including phenoxy) is 4. The molecule has 2 aromatic rings. The maximum Gasteiger partial charge on any atom is 0.373 e. The maximum absolute atomic E-state index is 12.6. The standard InChI is InChI=1S/C25H29N3O12/c26-21(34)20(19-13(11-29)17(32)22(39-19)28-8-6-16(31)27-25(28)36)40-24-18(33)14(30)10-15(38-24)23(35)37-9-7-12-4-2-1-3-5-12/h1-6,8,10,13-14,17-20,22,24,29-30,32-33H,7,9,11H2,(H2,26,34)(H,27,31,36)/t13-,14-,17+,18-,19-,20+,22+,24+/m0/s1. The molecule has 2 aliphatic heterocycles. The first-order valence-corrected chi connectivity index (χ1v) is 12.3. The van der Waals surface area contributed by atoms with E-state index in [0.29, 0.717) is 6.42 Å². The van der Waals surface area contributed by atoms with Crippen molar-refractivity contribution in [3.05, 3.63) is 80.8 Å². The Labute approximate surface area is 226 Å². The molecule has 0 radical (unpaired) electrons. The quantitative estimate of drug-likeness (QED) is 0.159. The summed E-state index contributed by atoms with van der Waals surface area (Å²) in [6.07, 6.45) is -9.24. The van der Waals surface area contributed by atoms with Crippen LogP contribution < -0.4 is 17.0 Å². The Hall–Kier alpha value is -3.86. The van der Waals surface area contributed by atoms with Crippen LogP contribution in [0.1, 0.15) is 11.8 Å². The second-order valence-corrected chi connectivity index (χ2v) is 9.17. The molecule has 216 valence electrons. The fraction of sp³-hybridized carbons (Fsp3) is 0.440. The van der Waals surface area contributed by atoms with Crippen molar-refractivity contribution >= 4 is 11.9 Å². The molecule has 0 spiro atoms. The molecular formula is C25H29N3O12. The Balaban J connectivity index is 1.48. The lowest BCUT2D eigenvalue weighted by Crippen LogP contribution is -2.52. The van der Waals surface area contributed by atoms with Crippen LogP contribution in [0.15, 0.2) is 64.0 Å². The molecule has 7 N–H and O–H groups in total. The molecular weight excluding hydrogens is 534 g/mol. The summed E-state index contributed by atoms with van der Waals surface area (Å²) < 4.78 is 22.6. The van der Waals surface area contributed by atoms with Gasteiger partial charge in [0.25, 0.3) is 5.56 Å². The third kappa shape index (κ3) is 6.30. The van der Waals surface area contributed by atoms with Crippen LogP contribution in [0.3, 0.4) is 0 Å². The van der Waals surface area contributed by atoms with Crippen LogP contribution in [0, 0.1) is 5.92 Å². The molecule has 15 nitrogen and oxygen atoms in total. The Kier molecular flexibility index (Phi) is 9.14. The second kappa shape index (κ2) is 12.5. The van der Waals surface area contributed by atoms with Gasteiger partial charge in [-0.1, -0.05) is 30.3 Å². The smallest absolute Gasteiger partial charge is 0.373 e. The molecule has 2 aliphatic rings. The molecule has 8 atom stereocenters. The number of aliphatic hydroxyl groups excluding tert-OH is 4. The van der Waals surface area contributed by atoms with Gasteiger partial charge in [0.15, 0.2) is 12.3 Å². The number of nitrogens with two attached hydrogens (primary N) is 1. The van der Waals surface area contributed by atoms with Crippen LogP contribution in [0.25, 0.3) is 0 Å². The van der Waals surface area contributed by atoms with Crippen molar-refractivity contribution in [3.8, 4) is 0 Å².